The molecule has 35 heavy (non-hydrogen) atoms. The normalized spacial score (nSPS) is 10.9. The SMILES string of the molecule is CCOC(=O)c1ccc(NC(=O)/C(C#N)=C/c2cc(Br)c(Cc3ccccc3Br)c(OC)c2)cc1. The number of nitrogens with one attached hydrogen (secondary N) is 1. The molecule has 1 N–H and O–H groups in total. The van der Waals surface area contributed by atoms with Gasteiger partial charge in [0.15, 0.2) is 0 Å². The fourth-order valence-electron chi connectivity index (χ4n) is 3.32. The van der Waals surface area contributed by atoms with Crippen LogP contribution < -0.4 is 10.1 Å². The van der Waals surface area contributed by atoms with E-state index in [1.54, 1.807) is 44.4 Å². The van der Waals surface area contributed by atoms with Crippen LogP contribution >= 0.6 is 31.9 Å². The Hall–Kier alpha value is -3.41. The molecule has 3 rings (SSSR count). The van der Waals surface area contributed by atoms with Crippen LogP contribution in [0, 0.1) is 11.3 Å². The number of rotatable bonds is 8. The second kappa shape index (κ2) is 12.3. The summed E-state index contributed by atoms with van der Waals surface area (Å²) in [6.45, 7) is 2.01. The van der Waals surface area contributed by atoms with E-state index in [9.17, 15) is 14.9 Å². The van der Waals surface area contributed by atoms with Crippen LogP contribution in [0.2, 0.25) is 0 Å². The zero-order chi connectivity index (χ0) is 25.4. The summed E-state index contributed by atoms with van der Waals surface area (Å²) in [7, 11) is 1.58. The van der Waals surface area contributed by atoms with Gasteiger partial charge in [0.1, 0.15) is 17.4 Å². The van der Waals surface area contributed by atoms with Crippen LogP contribution in [0.15, 0.2) is 75.2 Å². The van der Waals surface area contributed by atoms with Gasteiger partial charge in [-0.05, 0) is 66.6 Å². The Morgan fingerprint density at radius 2 is 1.77 bits per heavy atom. The number of carbonyl (C=O) groups excluding carboxylic acids is 2. The minimum atomic E-state index is -0.566. The van der Waals surface area contributed by atoms with Crippen LogP contribution in [0.25, 0.3) is 6.08 Å². The number of methoxy groups -OCH3 is 1. The molecule has 0 unspecified atom stereocenters. The van der Waals surface area contributed by atoms with E-state index in [1.165, 1.54) is 6.08 Å². The number of ether oxygens (including phenoxy) is 2. The number of carbonyl (C=O) groups is 2. The molecule has 0 aliphatic heterocycles. The lowest BCUT2D eigenvalue weighted by atomic mass is 10.0. The average Bonchev–Trinajstić information content (AvgIpc) is 2.85. The summed E-state index contributed by atoms with van der Waals surface area (Å²) < 4.78 is 12.3. The lowest BCUT2D eigenvalue weighted by Gasteiger charge is -2.13. The van der Waals surface area contributed by atoms with E-state index in [4.69, 9.17) is 9.47 Å². The number of nitriles is 1. The second-order valence-corrected chi connectivity index (χ2v) is 9.08. The van der Waals surface area contributed by atoms with Crippen LogP contribution in [-0.2, 0) is 16.0 Å². The summed E-state index contributed by atoms with van der Waals surface area (Å²) in [6, 6.07) is 19.8. The molecular formula is C27H22Br2N2O4. The van der Waals surface area contributed by atoms with Gasteiger partial charge in [-0.15, -0.1) is 0 Å². The van der Waals surface area contributed by atoms with Gasteiger partial charge in [-0.1, -0.05) is 50.1 Å². The largest absolute Gasteiger partial charge is 0.496 e. The Kier molecular flexibility index (Phi) is 9.24. The Balaban J connectivity index is 1.82. The summed E-state index contributed by atoms with van der Waals surface area (Å²) in [5.41, 5.74) is 3.43. The maximum Gasteiger partial charge on any atom is 0.338 e. The fraction of sp³-hybridized carbons (Fsp3) is 0.148. The third-order valence-electron chi connectivity index (χ3n) is 5.05. The van der Waals surface area contributed by atoms with Crippen LogP contribution in [-0.4, -0.2) is 25.6 Å². The lowest BCUT2D eigenvalue weighted by Crippen LogP contribution is -2.13. The number of esters is 1. The lowest BCUT2D eigenvalue weighted by molar-refractivity contribution is -0.112. The molecule has 0 fully saturated rings. The van der Waals surface area contributed by atoms with E-state index in [2.05, 4.69) is 37.2 Å². The topological polar surface area (TPSA) is 88.4 Å². The van der Waals surface area contributed by atoms with Crippen molar-refractivity contribution in [1.82, 2.24) is 0 Å². The summed E-state index contributed by atoms with van der Waals surface area (Å²) in [6.07, 6.45) is 2.13. The van der Waals surface area contributed by atoms with E-state index in [1.807, 2.05) is 36.4 Å². The fourth-order valence-corrected chi connectivity index (χ4v) is 4.34. The van der Waals surface area contributed by atoms with Crippen molar-refractivity contribution in [2.24, 2.45) is 0 Å². The number of nitrogens with zero attached hydrogens (tertiary/aromatic N) is 1. The van der Waals surface area contributed by atoms with Crippen molar-refractivity contribution in [3.05, 3.63) is 97.4 Å². The summed E-state index contributed by atoms with van der Waals surface area (Å²) >= 11 is 7.18. The van der Waals surface area contributed by atoms with E-state index in [0.29, 0.717) is 29.0 Å². The highest BCUT2D eigenvalue weighted by Gasteiger charge is 2.15. The molecular weight excluding hydrogens is 576 g/mol. The van der Waals surface area contributed by atoms with Crippen molar-refractivity contribution in [2.45, 2.75) is 13.3 Å². The first-order chi connectivity index (χ1) is 16.9. The predicted octanol–water partition coefficient (Wildman–Crippen LogP) is 6.53. The van der Waals surface area contributed by atoms with Gasteiger partial charge >= 0.3 is 5.97 Å². The van der Waals surface area contributed by atoms with Gasteiger partial charge < -0.3 is 14.8 Å². The second-order valence-electron chi connectivity index (χ2n) is 7.37. The number of benzene rings is 3. The van der Waals surface area contributed by atoms with Crippen molar-refractivity contribution in [3.8, 4) is 11.8 Å². The highest BCUT2D eigenvalue weighted by atomic mass is 79.9. The third-order valence-corrected chi connectivity index (χ3v) is 6.53. The van der Waals surface area contributed by atoms with Crippen molar-refractivity contribution < 1.29 is 19.1 Å². The number of anilines is 1. The van der Waals surface area contributed by atoms with Crippen molar-refractivity contribution in [2.75, 3.05) is 19.0 Å². The molecule has 0 atom stereocenters. The molecule has 0 aliphatic rings. The van der Waals surface area contributed by atoms with Crippen LogP contribution in [0.5, 0.6) is 5.75 Å². The maximum atomic E-state index is 12.7. The minimum absolute atomic E-state index is 0.0769. The first kappa shape index (κ1) is 26.2. The molecule has 3 aromatic carbocycles. The van der Waals surface area contributed by atoms with Gasteiger partial charge in [0, 0.05) is 26.6 Å². The van der Waals surface area contributed by atoms with Crippen LogP contribution in [0.4, 0.5) is 5.69 Å². The van der Waals surface area contributed by atoms with Crippen molar-refractivity contribution in [1.29, 1.82) is 5.26 Å². The molecule has 1 amide bonds. The zero-order valence-electron chi connectivity index (χ0n) is 19.1. The Labute approximate surface area is 220 Å². The zero-order valence-corrected chi connectivity index (χ0v) is 22.3. The summed E-state index contributed by atoms with van der Waals surface area (Å²) in [4.78, 5) is 24.5. The van der Waals surface area contributed by atoms with Gasteiger partial charge in [0.05, 0.1) is 19.3 Å². The molecule has 178 valence electrons. The summed E-state index contributed by atoms with van der Waals surface area (Å²) in [5.74, 6) is -0.372. The quantitative estimate of drug-likeness (QED) is 0.181. The monoisotopic (exact) mass is 596 g/mol. The number of hydrogen-bond donors (Lipinski definition) is 1. The molecule has 6 nitrogen and oxygen atoms in total. The van der Waals surface area contributed by atoms with E-state index >= 15 is 0 Å². The Morgan fingerprint density at radius 1 is 1.06 bits per heavy atom. The Bertz CT molecular complexity index is 1310. The molecule has 0 heterocycles. The van der Waals surface area contributed by atoms with Gasteiger partial charge in [0.2, 0.25) is 0 Å². The van der Waals surface area contributed by atoms with Gasteiger partial charge in [-0.2, -0.15) is 5.26 Å². The number of halogens is 2. The first-order valence-corrected chi connectivity index (χ1v) is 12.2. The number of hydrogen-bond acceptors (Lipinski definition) is 5. The molecule has 0 aromatic heterocycles. The van der Waals surface area contributed by atoms with Gasteiger partial charge in [-0.25, -0.2) is 4.79 Å². The van der Waals surface area contributed by atoms with Crippen molar-refractivity contribution >= 4 is 55.5 Å². The van der Waals surface area contributed by atoms with E-state index in [0.717, 1.165) is 20.1 Å². The standard InChI is InChI=1S/C27H22Br2N2O4/c1-3-35-27(33)18-8-10-21(11-9-18)31-26(32)20(16-30)12-17-13-24(29)22(25(14-17)34-2)15-19-6-4-5-7-23(19)28/h4-14H,3,15H2,1-2H3,(H,31,32)/b20-12+. The molecule has 0 radical (unpaired) electrons. The maximum absolute atomic E-state index is 12.7. The molecule has 0 aliphatic carbocycles. The molecule has 3 aromatic rings. The molecule has 8 heteroatoms. The molecule has 0 spiro atoms. The van der Waals surface area contributed by atoms with Crippen LogP contribution in [0.1, 0.15) is 34.0 Å². The van der Waals surface area contributed by atoms with Gasteiger partial charge in [0.25, 0.3) is 5.91 Å². The van der Waals surface area contributed by atoms with Gasteiger partial charge in [-0.3, -0.25) is 4.79 Å². The van der Waals surface area contributed by atoms with E-state index < -0.39 is 11.9 Å². The molecule has 0 bridgehead atoms. The molecule has 0 saturated carbocycles. The van der Waals surface area contributed by atoms with E-state index in [-0.39, 0.29) is 12.2 Å². The predicted molar refractivity (Wildman–Crippen MR) is 142 cm³/mol. The highest BCUT2D eigenvalue weighted by molar-refractivity contribution is 9.10. The third kappa shape index (κ3) is 6.81. The summed E-state index contributed by atoms with van der Waals surface area (Å²) in [5, 5.41) is 12.3. The number of amides is 1. The smallest absolute Gasteiger partial charge is 0.338 e. The Morgan fingerprint density at radius 3 is 2.40 bits per heavy atom. The van der Waals surface area contributed by atoms with Crippen molar-refractivity contribution in [3.63, 3.8) is 0 Å². The highest BCUT2D eigenvalue weighted by Crippen LogP contribution is 2.33. The average molecular weight is 598 g/mol. The first-order valence-electron chi connectivity index (χ1n) is 10.7. The molecule has 0 saturated heterocycles. The van der Waals surface area contributed by atoms with Crippen LogP contribution in [0.3, 0.4) is 0 Å². The minimum Gasteiger partial charge on any atom is -0.496 e.